The van der Waals surface area contributed by atoms with Gasteiger partial charge in [0.2, 0.25) is 6.85 Å². The molecule has 1 aliphatic heterocycles. The summed E-state index contributed by atoms with van der Waals surface area (Å²) in [7, 11) is 1.85. The van der Waals surface area contributed by atoms with Crippen molar-refractivity contribution in [2.24, 2.45) is 0 Å². The molecule has 0 aromatic heterocycles. The van der Waals surface area contributed by atoms with Crippen molar-refractivity contribution < 1.29 is 4.79 Å². The molecule has 0 aliphatic carbocycles. The van der Waals surface area contributed by atoms with Gasteiger partial charge in [-0.1, -0.05) is 6.82 Å². The van der Waals surface area contributed by atoms with E-state index < -0.39 is 0 Å². The van der Waals surface area contributed by atoms with Crippen LogP contribution in [0.3, 0.4) is 0 Å². The second kappa shape index (κ2) is 3.81. The lowest BCUT2D eigenvalue weighted by atomic mass is 9.63. The van der Waals surface area contributed by atoms with Gasteiger partial charge in [-0.25, -0.2) is 4.79 Å². The largest absolute Gasteiger partial charge is 0.333 e. The van der Waals surface area contributed by atoms with Gasteiger partial charge in [-0.3, -0.25) is 10.3 Å². The number of carbonyl (C=O) groups is 1. The number of hydrazine groups is 1. The molecule has 1 N–H and O–H groups in total. The van der Waals surface area contributed by atoms with E-state index in [9.17, 15) is 4.79 Å². The minimum absolute atomic E-state index is 0.0573. The monoisotopic (exact) mass is 197 g/mol. The summed E-state index contributed by atoms with van der Waals surface area (Å²) >= 11 is 0. The van der Waals surface area contributed by atoms with Crippen LogP contribution in [-0.4, -0.2) is 41.9 Å². The summed E-state index contributed by atoms with van der Waals surface area (Å²) in [5.74, 6) is 0. The Morgan fingerprint density at radius 2 is 2.00 bits per heavy atom. The molecule has 1 heterocycles. The molecule has 0 spiro atoms. The molecule has 4 nitrogen and oxygen atoms in total. The highest BCUT2D eigenvalue weighted by Gasteiger charge is 2.33. The summed E-state index contributed by atoms with van der Waals surface area (Å²) in [5, 5.41) is 4.97. The van der Waals surface area contributed by atoms with E-state index >= 15 is 0 Å². The lowest BCUT2D eigenvalue weighted by Crippen LogP contribution is -2.58. The van der Waals surface area contributed by atoms with Crippen molar-refractivity contribution in [1.29, 1.82) is 0 Å². The fourth-order valence-electron chi connectivity index (χ4n) is 1.47. The number of carbonyl (C=O) groups excluding carboxylic acids is 1. The van der Waals surface area contributed by atoms with Gasteiger partial charge in [-0.05, 0) is 27.1 Å². The zero-order valence-corrected chi connectivity index (χ0v) is 9.79. The first kappa shape index (κ1) is 11.4. The van der Waals surface area contributed by atoms with E-state index in [4.69, 9.17) is 0 Å². The number of hydrogen-bond acceptors (Lipinski definition) is 2. The second-order valence-electron chi connectivity index (χ2n) is 5.03. The highest BCUT2D eigenvalue weighted by atomic mass is 16.2. The normalized spacial score (nSPS) is 20.1. The van der Waals surface area contributed by atoms with Gasteiger partial charge < -0.3 is 4.90 Å². The quantitative estimate of drug-likeness (QED) is 0.593. The fourth-order valence-corrected chi connectivity index (χ4v) is 1.47. The molecule has 0 unspecified atom stereocenters. The summed E-state index contributed by atoms with van der Waals surface area (Å²) in [6.45, 7) is 9.37. The molecule has 2 amide bonds. The van der Waals surface area contributed by atoms with Crippen molar-refractivity contribution in [3.8, 4) is 0 Å². The van der Waals surface area contributed by atoms with Crippen LogP contribution in [0.25, 0.3) is 0 Å². The Labute approximate surface area is 86.7 Å². The number of urea groups is 1. The van der Waals surface area contributed by atoms with Crippen molar-refractivity contribution in [1.82, 2.24) is 15.2 Å². The van der Waals surface area contributed by atoms with Gasteiger partial charge in [-0.15, -0.1) is 0 Å². The smallest absolute Gasteiger partial charge is 0.327 e. The van der Waals surface area contributed by atoms with Crippen LogP contribution in [0.2, 0.25) is 13.1 Å². The third-order valence-electron chi connectivity index (χ3n) is 2.44. The highest BCUT2D eigenvalue weighted by Crippen LogP contribution is 2.15. The Hall–Kier alpha value is -0.705. The molecule has 1 aliphatic rings. The maximum absolute atomic E-state index is 11.9. The number of rotatable bonds is 0. The molecule has 0 saturated carbocycles. The first-order valence-corrected chi connectivity index (χ1v) is 5.14. The van der Waals surface area contributed by atoms with Crippen molar-refractivity contribution >= 4 is 12.9 Å². The summed E-state index contributed by atoms with van der Waals surface area (Å²) in [5.41, 5.74) is -0.177. The molecule has 1 fully saturated rings. The summed E-state index contributed by atoms with van der Waals surface area (Å²) in [6.07, 6.45) is 0.995. The maximum atomic E-state index is 11.9. The van der Waals surface area contributed by atoms with E-state index in [2.05, 4.69) is 12.2 Å². The van der Waals surface area contributed by atoms with Crippen molar-refractivity contribution in [3.63, 3.8) is 0 Å². The summed E-state index contributed by atoms with van der Waals surface area (Å²) in [4.78, 5) is 13.7. The predicted molar refractivity (Wildman–Crippen MR) is 59.2 cm³/mol. The standard InChI is InChI=1S/C9H20BN3O/c1-9(2,3)13-8(14)12(5)7-6-10(4)11-13/h11H,6-7H2,1-5H3. The zero-order chi connectivity index (χ0) is 10.9. The van der Waals surface area contributed by atoms with Crippen LogP contribution in [0.5, 0.6) is 0 Å². The molecule has 14 heavy (non-hydrogen) atoms. The summed E-state index contributed by atoms with van der Waals surface area (Å²) in [6, 6.07) is 0.0573. The average Bonchev–Trinajstić information content (AvgIpc) is 2.17. The molecule has 0 aromatic rings. The minimum atomic E-state index is -0.177. The van der Waals surface area contributed by atoms with Crippen molar-refractivity contribution in [2.75, 3.05) is 13.6 Å². The molecule has 1 saturated heterocycles. The molecule has 0 atom stereocenters. The predicted octanol–water partition coefficient (Wildman–Crippen LogP) is 1.28. The SMILES string of the molecule is CB1CCN(C)C(=O)N(C(C)(C)C)N1. The first-order valence-electron chi connectivity index (χ1n) is 5.14. The van der Waals surface area contributed by atoms with Gasteiger partial charge in [0, 0.05) is 13.6 Å². The topological polar surface area (TPSA) is 35.6 Å². The molecule has 0 bridgehead atoms. The Morgan fingerprint density at radius 3 is 2.50 bits per heavy atom. The first-order chi connectivity index (χ1) is 6.32. The highest BCUT2D eigenvalue weighted by molar-refractivity contribution is 6.54. The second-order valence-corrected chi connectivity index (χ2v) is 5.03. The third kappa shape index (κ3) is 2.41. The summed E-state index contributed by atoms with van der Waals surface area (Å²) < 4.78 is 0. The number of amides is 2. The number of nitrogens with zero attached hydrogens (tertiary/aromatic N) is 2. The van der Waals surface area contributed by atoms with Gasteiger partial charge in [0.05, 0.1) is 5.54 Å². The van der Waals surface area contributed by atoms with E-state index in [1.165, 1.54) is 0 Å². The molecule has 0 aromatic carbocycles. The van der Waals surface area contributed by atoms with Crippen LogP contribution in [0, 0.1) is 0 Å². The molecular weight excluding hydrogens is 177 g/mol. The van der Waals surface area contributed by atoms with Gasteiger partial charge in [0.1, 0.15) is 0 Å². The van der Waals surface area contributed by atoms with E-state index in [1.807, 2.05) is 27.8 Å². The minimum Gasteiger partial charge on any atom is -0.327 e. The molecular formula is C9H20BN3O. The molecule has 5 heteroatoms. The van der Waals surface area contributed by atoms with Crippen LogP contribution in [0.15, 0.2) is 0 Å². The Bertz CT molecular complexity index is 227. The van der Waals surface area contributed by atoms with Gasteiger partial charge in [0.25, 0.3) is 0 Å². The third-order valence-corrected chi connectivity index (χ3v) is 2.44. The van der Waals surface area contributed by atoms with E-state index in [0.717, 1.165) is 12.9 Å². The van der Waals surface area contributed by atoms with Gasteiger partial charge >= 0.3 is 6.03 Å². The Morgan fingerprint density at radius 1 is 1.43 bits per heavy atom. The van der Waals surface area contributed by atoms with Crippen LogP contribution < -0.4 is 5.34 Å². The number of nitrogens with one attached hydrogen (secondary N) is 1. The van der Waals surface area contributed by atoms with E-state index in [0.29, 0.717) is 6.85 Å². The van der Waals surface area contributed by atoms with Crippen molar-refractivity contribution in [3.05, 3.63) is 0 Å². The molecule has 80 valence electrons. The van der Waals surface area contributed by atoms with Crippen LogP contribution in [0.4, 0.5) is 4.79 Å². The lowest BCUT2D eigenvalue weighted by Gasteiger charge is -2.37. The number of hydrogen-bond donors (Lipinski definition) is 1. The van der Waals surface area contributed by atoms with Crippen LogP contribution in [-0.2, 0) is 0 Å². The lowest BCUT2D eigenvalue weighted by molar-refractivity contribution is 0.106. The van der Waals surface area contributed by atoms with Crippen molar-refractivity contribution in [2.45, 2.75) is 39.5 Å². The van der Waals surface area contributed by atoms with E-state index in [1.54, 1.807) is 9.91 Å². The zero-order valence-electron chi connectivity index (χ0n) is 9.79. The maximum Gasteiger partial charge on any atom is 0.333 e. The fraction of sp³-hybridized carbons (Fsp3) is 0.889. The Balaban J connectivity index is 2.84. The van der Waals surface area contributed by atoms with Gasteiger partial charge in [-0.2, -0.15) is 0 Å². The molecule has 1 rings (SSSR count). The van der Waals surface area contributed by atoms with Crippen LogP contribution in [0.1, 0.15) is 20.8 Å². The average molecular weight is 197 g/mol. The van der Waals surface area contributed by atoms with E-state index in [-0.39, 0.29) is 11.6 Å². The van der Waals surface area contributed by atoms with Crippen LogP contribution >= 0.6 is 0 Å². The Kier molecular flexibility index (Phi) is 3.09. The molecule has 0 radical (unpaired) electrons. The van der Waals surface area contributed by atoms with Gasteiger partial charge in [0.15, 0.2) is 0 Å².